The van der Waals surface area contributed by atoms with Gasteiger partial charge in [0.25, 0.3) is 0 Å². The molecule has 1 amide bonds. The van der Waals surface area contributed by atoms with Crippen LogP contribution in [0.5, 0.6) is 0 Å². The maximum atomic E-state index is 12.7. The number of ether oxygens (including phenoxy) is 1. The molecule has 0 aromatic carbocycles. The minimum Gasteiger partial charge on any atom is -0.384 e. The van der Waals surface area contributed by atoms with E-state index in [0.717, 1.165) is 0 Å². The Hall–Kier alpha value is -0.820. The molecule has 100 valence electrons. The van der Waals surface area contributed by atoms with Gasteiger partial charge in [-0.15, -0.1) is 0 Å². The zero-order valence-electron chi connectivity index (χ0n) is 9.83. The van der Waals surface area contributed by atoms with Crippen LogP contribution in [0.2, 0.25) is 0 Å². The van der Waals surface area contributed by atoms with Crippen molar-refractivity contribution in [3.8, 4) is 0 Å². The largest absolute Gasteiger partial charge is 0.393 e. The summed E-state index contributed by atoms with van der Waals surface area (Å²) in [6.45, 7) is 1.19. The number of methoxy groups -OCH3 is 1. The van der Waals surface area contributed by atoms with E-state index in [1.54, 1.807) is 0 Å². The highest BCUT2D eigenvalue weighted by Crippen LogP contribution is 2.37. The van der Waals surface area contributed by atoms with Crippen LogP contribution in [0, 0.1) is 11.8 Å². The number of carbonyl (C=O) groups is 1. The zero-order valence-corrected chi connectivity index (χ0v) is 9.83. The van der Waals surface area contributed by atoms with E-state index in [0.29, 0.717) is 0 Å². The van der Waals surface area contributed by atoms with Crippen LogP contribution in [0.15, 0.2) is 0 Å². The Balaban J connectivity index is 2.75. The van der Waals surface area contributed by atoms with Gasteiger partial charge >= 0.3 is 6.18 Å². The molecule has 4 nitrogen and oxygen atoms in total. The molecule has 0 aromatic rings. The third-order valence-corrected chi connectivity index (χ3v) is 2.94. The maximum Gasteiger partial charge on any atom is 0.393 e. The maximum absolute atomic E-state index is 12.7. The fourth-order valence-corrected chi connectivity index (χ4v) is 2.09. The van der Waals surface area contributed by atoms with Gasteiger partial charge in [0.1, 0.15) is 0 Å². The molecule has 1 aliphatic heterocycles. The summed E-state index contributed by atoms with van der Waals surface area (Å²) < 4.78 is 43.0. The topological polar surface area (TPSA) is 55.6 Å². The minimum absolute atomic E-state index is 0.00703. The monoisotopic (exact) mass is 254 g/mol. The van der Waals surface area contributed by atoms with E-state index in [1.165, 1.54) is 18.9 Å². The first kappa shape index (κ1) is 14.2. The van der Waals surface area contributed by atoms with Crippen molar-refractivity contribution in [1.82, 2.24) is 4.90 Å². The Kier molecular flexibility index (Phi) is 4.37. The third kappa shape index (κ3) is 3.32. The van der Waals surface area contributed by atoms with Gasteiger partial charge in [0, 0.05) is 26.1 Å². The van der Waals surface area contributed by atoms with Gasteiger partial charge in [0.2, 0.25) is 5.91 Å². The van der Waals surface area contributed by atoms with Crippen molar-refractivity contribution >= 4 is 5.91 Å². The van der Waals surface area contributed by atoms with Gasteiger partial charge < -0.3 is 15.4 Å². The molecule has 1 heterocycles. The third-order valence-electron chi connectivity index (χ3n) is 2.94. The van der Waals surface area contributed by atoms with Crippen LogP contribution in [-0.4, -0.2) is 49.8 Å². The molecule has 3 atom stereocenters. The van der Waals surface area contributed by atoms with Crippen LogP contribution in [-0.2, 0) is 9.53 Å². The van der Waals surface area contributed by atoms with Crippen LogP contribution >= 0.6 is 0 Å². The molecule has 1 aliphatic rings. The second kappa shape index (κ2) is 5.22. The number of hydrogen-bond donors (Lipinski definition) is 1. The first-order valence-corrected chi connectivity index (χ1v) is 5.37. The Morgan fingerprint density at radius 3 is 2.53 bits per heavy atom. The molecule has 0 aromatic heterocycles. The summed E-state index contributed by atoms with van der Waals surface area (Å²) in [5.41, 5.74) is 5.39. The molecule has 7 heteroatoms. The molecule has 17 heavy (non-hydrogen) atoms. The SMILES string of the molecule is COC[C@@H]1CN(C(=O)[C@@H](C)N)C[C@H]1C(F)(F)F. The first-order chi connectivity index (χ1) is 7.77. The van der Waals surface area contributed by atoms with Crippen LogP contribution in [0.1, 0.15) is 6.92 Å². The van der Waals surface area contributed by atoms with Gasteiger partial charge in [-0.1, -0.05) is 0 Å². The summed E-state index contributed by atoms with van der Waals surface area (Å²) in [6.07, 6.45) is -4.31. The second-order valence-electron chi connectivity index (χ2n) is 4.40. The number of hydrogen-bond acceptors (Lipinski definition) is 3. The Labute approximate surface area is 97.9 Å². The van der Waals surface area contributed by atoms with E-state index in [2.05, 4.69) is 0 Å². The molecular weight excluding hydrogens is 237 g/mol. The van der Waals surface area contributed by atoms with Gasteiger partial charge in [0.15, 0.2) is 0 Å². The second-order valence-corrected chi connectivity index (χ2v) is 4.40. The molecular formula is C10H17F3N2O2. The van der Waals surface area contributed by atoms with Crippen molar-refractivity contribution in [2.75, 3.05) is 26.8 Å². The molecule has 1 fully saturated rings. The molecule has 2 N–H and O–H groups in total. The summed E-state index contributed by atoms with van der Waals surface area (Å²) in [5.74, 6) is -2.68. The number of likely N-dealkylation sites (tertiary alicyclic amines) is 1. The first-order valence-electron chi connectivity index (χ1n) is 5.37. The lowest BCUT2D eigenvalue weighted by atomic mass is 9.96. The molecule has 0 saturated carbocycles. The summed E-state index contributed by atoms with van der Waals surface area (Å²) in [5, 5.41) is 0. The van der Waals surface area contributed by atoms with E-state index in [-0.39, 0.29) is 19.7 Å². The molecule has 1 saturated heterocycles. The smallest absolute Gasteiger partial charge is 0.384 e. The van der Waals surface area contributed by atoms with Crippen molar-refractivity contribution in [2.45, 2.75) is 19.1 Å². The summed E-state index contributed by atoms with van der Waals surface area (Å²) >= 11 is 0. The van der Waals surface area contributed by atoms with Crippen molar-refractivity contribution in [3.63, 3.8) is 0 Å². The average Bonchev–Trinajstić information content (AvgIpc) is 2.60. The normalized spacial score (nSPS) is 27.3. The number of carbonyl (C=O) groups excluding carboxylic acids is 1. The summed E-state index contributed by atoms with van der Waals surface area (Å²) in [6, 6.07) is -0.773. The van der Waals surface area contributed by atoms with Crippen molar-refractivity contribution < 1.29 is 22.7 Å². The standard InChI is InChI=1S/C10H17F3N2O2/c1-6(14)9(16)15-3-7(5-17-2)8(4-15)10(11,12)13/h6-8H,3-5,14H2,1-2H3/t6-,7+,8-/m1/s1. The molecule has 1 rings (SSSR count). The van der Waals surface area contributed by atoms with Gasteiger partial charge in [0.05, 0.1) is 18.6 Å². The highest BCUT2D eigenvalue weighted by Gasteiger charge is 2.50. The highest BCUT2D eigenvalue weighted by molar-refractivity contribution is 5.81. The quantitative estimate of drug-likeness (QED) is 0.803. The van der Waals surface area contributed by atoms with Gasteiger partial charge in [-0.25, -0.2) is 0 Å². The molecule has 0 radical (unpaired) electrons. The Morgan fingerprint density at radius 2 is 2.12 bits per heavy atom. The highest BCUT2D eigenvalue weighted by atomic mass is 19.4. The fraction of sp³-hybridized carbons (Fsp3) is 0.900. The number of nitrogens with zero attached hydrogens (tertiary/aromatic N) is 1. The Bertz CT molecular complexity index is 281. The van der Waals surface area contributed by atoms with Gasteiger partial charge in [-0.3, -0.25) is 4.79 Å². The minimum atomic E-state index is -4.31. The Morgan fingerprint density at radius 1 is 1.53 bits per heavy atom. The van der Waals surface area contributed by atoms with Crippen LogP contribution in [0.4, 0.5) is 13.2 Å². The number of alkyl halides is 3. The summed E-state index contributed by atoms with van der Waals surface area (Å²) in [7, 11) is 1.35. The van der Waals surface area contributed by atoms with E-state index >= 15 is 0 Å². The molecule has 0 aliphatic carbocycles. The number of halogens is 3. The van der Waals surface area contributed by atoms with Crippen molar-refractivity contribution in [1.29, 1.82) is 0 Å². The van der Waals surface area contributed by atoms with Crippen molar-refractivity contribution in [2.24, 2.45) is 17.6 Å². The number of amides is 1. The predicted octanol–water partition coefficient (Wildman–Crippen LogP) is 0.617. The van der Waals surface area contributed by atoms with E-state index < -0.39 is 30.0 Å². The van der Waals surface area contributed by atoms with E-state index in [9.17, 15) is 18.0 Å². The lowest BCUT2D eigenvalue weighted by Gasteiger charge is -2.20. The molecule has 0 bridgehead atoms. The molecule has 0 unspecified atom stereocenters. The molecule has 0 spiro atoms. The summed E-state index contributed by atoms with van der Waals surface area (Å²) in [4.78, 5) is 12.7. The zero-order chi connectivity index (χ0) is 13.2. The number of rotatable bonds is 3. The van der Waals surface area contributed by atoms with E-state index in [4.69, 9.17) is 10.5 Å². The fourth-order valence-electron chi connectivity index (χ4n) is 2.09. The lowest BCUT2D eigenvalue weighted by molar-refractivity contribution is -0.183. The van der Waals surface area contributed by atoms with Gasteiger partial charge in [-0.2, -0.15) is 13.2 Å². The lowest BCUT2D eigenvalue weighted by Crippen LogP contribution is -2.41. The average molecular weight is 254 g/mol. The van der Waals surface area contributed by atoms with Crippen LogP contribution in [0.3, 0.4) is 0 Å². The number of nitrogens with two attached hydrogens (primary N) is 1. The van der Waals surface area contributed by atoms with Crippen LogP contribution < -0.4 is 5.73 Å². The van der Waals surface area contributed by atoms with Crippen LogP contribution in [0.25, 0.3) is 0 Å². The van der Waals surface area contributed by atoms with Gasteiger partial charge in [-0.05, 0) is 6.92 Å². The van der Waals surface area contributed by atoms with E-state index in [1.807, 2.05) is 0 Å². The predicted molar refractivity (Wildman–Crippen MR) is 55.1 cm³/mol. The van der Waals surface area contributed by atoms with Crippen molar-refractivity contribution in [3.05, 3.63) is 0 Å².